The van der Waals surface area contributed by atoms with Crippen LogP contribution in [0.15, 0.2) is 49.8 Å². The smallest absolute Gasteiger partial charge is 0.257 e. The first-order chi connectivity index (χ1) is 11.2. The number of benzene rings is 1. The fourth-order valence-electron chi connectivity index (χ4n) is 2.03. The summed E-state index contributed by atoms with van der Waals surface area (Å²) in [6.45, 7) is 1.97. The summed E-state index contributed by atoms with van der Waals surface area (Å²) in [4.78, 5) is 5.38. The van der Waals surface area contributed by atoms with Gasteiger partial charge in [-0.3, -0.25) is 0 Å². The quantitative estimate of drug-likeness (QED) is 0.449. The van der Waals surface area contributed by atoms with Gasteiger partial charge >= 0.3 is 0 Å². The van der Waals surface area contributed by atoms with Gasteiger partial charge in [0.2, 0.25) is 5.89 Å². The third-order valence-electron chi connectivity index (χ3n) is 3.13. The molecule has 0 spiro atoms. The van der Waals surface area contributed by atoms with Crippen LogP contribution in [0.3, 0.4) is 0 Å². The van der Waals surface area contributed by atoms with Gasteiger partial charge in [-0.2, -0.15) is 0 Å². The van der Waals surface area contributed by atoms with Crippen molar-refractivity contribution in [1.29, 1.82) is 0 Å². The molecule has 1 atom stereocenters. The fraction of sp³-hybridized carbons (Fsp3) is 0.133. The van der Waals surface area contributed by atoms with Gasteiger partial charge in [0.05, 0.1) is 10.1 Å². The summed E-state index contributed by atoms with van der Waals surface area (Å²) in [6.07, 6.45) is 0. The van der Waals surface area contributed by atoms with Crippen molar-refractivity contribution in [3.63, 3.8) is 0 Å². The van der Waals surface area contributed by atoms with Crippen LogP contribution in [0.1, 0.15) is 18.1 Å². The number of halogens is 1. The van der Waals surface area contributed by atoms with Gasteiger partial charge in [-0.25, -0.2) is 4.98 Å². The molecule has 0 aliphatic rings. The summed E-state index contributed by atoms with van der Waals surface area (Å²) in [6, 6.07) is 9.26. The molecule has 0 saturated carbocycles. The van der Waals surface area contributed by atoms with Crippen LogP contribution in [0, 0.1) is 0 Å². The van der Waals surface area contributed by atoms with E-state index in [1.165, 1.54) is 11.8 Å². The summed E-state index contributed by atoms with van der Waals surface area (Å²) < 4.78 is 11.4. The number of oxazole rings is 1. The topological polar surface area (TPSA) is 65.0 Å². The van der Waals surface area contributed by atoms with Crippen LogP contribution >= 0.6 is 34.7 Å². The van der Waals surface area contributed by atoms with E-state index in [-0.39, 0.29) is 5.25 Å². The summed E-state index contributed by atoms with van der Waals surface area (Å²) in [5.74, 6) is 1.07. The first-order valence-electron chi connectivity index (χ1n) is 6.79. The molecule has 0 aliphatic heterocycles. The van der Waals surface area contributed by atoms with Crippen LogP contribution in [-0.2, 0) is 0 Å². The van der Waals surface area contributed by atoms with E-state index < -0.39 is 0 Å². The molecule has 4 aromatic rings. The van der Waals surface area contributed by atoms with Gasteiger partial charge in [-0.1, -0.05) is 29.4 Å². The zero-order valence-electron chi connectivity index (χ0n) is 11.9. The predicted molar refractivity (Wildman–Crippen MR) is 90.9 cm³/mol. The van der Waals surface area contributed by atoms with E-state index in [1.807, 2.05) is 24.4 Å². The van der Waals surface area contributed by atoms with Crippen LogP contribution in [0.4, 0.5) is 0 Å². The normalized spacial score (nSPS) is 12.8. The van der Waals surface area contributed by atoms with Gasteiger partial charge < -0.3 is 8.83 Å². The SMILES string of the molecule is CC(Sc1nc2cc(Cl)ccc2o1)c1nnc(-c2cccs2)o1. The van der Waals surface area contributed by atoms with Crippen LogP contribution in [0.2, 0.25) is 5.02 Å². The monoisotopic (exact) mass is 363 g/mol. The lowest BCUT2D eigenvalue weighted by molar-refractivity contribution is 0.481. The molecule has 0 aliphatic carbocycles. The highest BCUT2D eigenvalue weighted by molar-refractivity contribution is 7.99. The summed E-state index contributed by atoms with van der Waals surface area (Å²) in [5, 5.41) is 11.3. The van der Waals surface area contributed by atoms with E-state index in [4.69, 9.17) is 20.4 Å². The van der Waals surface area contributed by atoms with Crippen LogP contribution in [-0.4, -0.2) is 15.2 Å². The van der Waals surface area contributed by atoms with Crippen molar-refractivity contribution >= 4 is 45.8 Å². The Morgan fingerprint density at radius 3 is 2.96 bits per heavy atom. The number of rotatable bonds is 4. The predicted octanol–water partition coefficient (Wildman–Crippen LogP) is 5.45. The van der Waals surface area contributed by atoms with E-state index >= 15 is 0 Å². The summed E-state index contributed by atoms with van der Waals surface area (Å²) in [5.41, 5.74) is 1.44. The third-order valence-corrected chi connectivity index (χ3v) is 5.15. The first kappa shape index (κ1) is 14.7. The second kappa shape index (κ2) is 5.99. The van der Waals surface area contributed by atoms with E-state index in [0.717, 1.165) is 10.4 Å². The van der Waals surface area contributed by atoms with E-state index in [9.17, 15) is 0 Å². The van der Waals surface area contributed by atoms with Crippen molar-refractivity contribution in [2.24, 2.45) is 0 Å². The summed E-state index contributed by atoms with van der Waals surface area (Å²) >= 11 is 8.95. The van der Waals surface area contributed by atoms with Crippen LogP contribution in [0.5, 0.6) is 0 Å². The molecule has 3 aromatic heterocycles. The standard InChI is InChI=1S/C15H10ClN3O2S2/c1-8(13-18-19-14(21-13)12-3-2-6-22-12)23-15-17-10-7-9(16)4-5-11(10)20-15/h2-8H,1H3. The minimum Gasteiger partial charge on any atom is -0.431 e. The average Bonchev–Trinajstić information content (AvgIpc) is 3.26. The maximum atomic E-state index is 5.96. The lowest BCUT2D eigenvalue weighted by Crippen LogP contribution is -1.88. The number of thioether (sulfide) groups is 1. The Morgan fingerprint density at radius 1 is 1.22 bits per heavy atom. The van der Waals surface area contributed by atoms with Gasteiger partial charge in [0.25, 0.3) is 11.1 Å². The molecule has 8 heteroatoms. The minimum absolute atomic E-state index is 0.0697. The molecule has 116 valence electrons. The zero-order chi connectivity index (χ0) is 15.8. The number of nitrogens with zero attached hydrogens (tertiary/aromatic N) is 3. The Morgan fingerprint density at radius 2 is 2.13 bits per heavy atom. The Bertz CT molecular complexity index is 949. The van der Waals surface area contributed by atoms with Gasteiger partial charge in [-0.05, 0) is 36.6 Å². The van der Waals surface area contributed by atoms with Crippen molar-refractivity contribution in [2.75, 3.05) is 0 Å². The van der Waals surface area contributed by atoms with Crippen molar-refractivity contribution in [2.45, 2.75) is 17.4 Å². The van der Waals surface area contributed by atoms with Crippen molar-refractivity contribution in [3.05, 3.63) is 46.6 Å². The Kier molecular flexibility index (Phi) is 3.84. The van der Waals surface area contributed by atoms with Crippen molar-refractivity contribution in [3.8, 4) is 10.8 Å². The molecule has 5 nitrogen and oxygen atoms in total. The second-order valence-corrected chi connectivity index (χ2v) is 7.45. The third kappa shape index (κ3) is 2.99. The maximum Gasteiger partial charge on any atom is 0.257 e. The molecule has 4 rings (SSSR count). The van der Waals surface area contributed by atoms with Gasteiger partial charge in [0, 0.05) is 5.02 Å². The van der Waals surface area contributed by atoms with E-state index in [1.54, 1.807) is 29.5 Å². The lowest BCUT2D eigenvalue weighted by Gasteiger charge is -2.01. The van der Waals surface area contributed by atoms with Gasteiger partial charge in [-0.15, -0.1) is 21.5 Å². The maximum absolute atomic E-state index is 5.96. The molecule has 1 unspecified atom stereocenters. The highest BCUT2D eigenvalue weighted by Crippen LogP contribution is 2.36. The number of thiophene rings is 1. The zero-order valence-corrected chi connectivity index (χ0v) is 14.3. The molecule has 0 fully saturated rings. The van der Waals surface area contributed by atoms with Gasteiger partial charge in [0.15, 0.2) is 5.58 Å². The van der Waals surface area contributed by atoms with Crippen molar-refractivity contribution in [1.82, 2.24) is 15.2 Å². The summed E-state index contributed by atoms with van der Waals surface area (Å²) in [7, 11) is 0. The fourth-order valence-corrected chi connectivity index (χ4v) is 3.63. The average molecular weight is 364 g/mol. The molecular weight excluding hydrogens is 354 g/mol. The van der Waals surface area contributed by atoms with Crippen molar-refractivity contribution < 1.29 is 8.83 Å². The van der Waals surface area contributed by atoms with E-state index in [2.05, 4.69) is 15.2 Å². The number of hydrogen-bond donors (Lipinski definition) is 0. The minimum atomic E-state index is -0.0697. The Hall–Kier alpha value is -1.83. The molecule has 0 saturated heterocycles. The largest absolute Gasteiger partial charge is 0.431 e. The van der Waals surface area contributed by atoms with Gasteiger partial charge in [0.1, 0.15) is 5.52 Å². The molecular formula is C15H10ClN3O2S2. The van der Waals surface area contributed by atoms with Crippen LogP contribution in [0.25, 0.3) is 21.9 Å². The molecule has 0 radical (unpaired) electrons. The Balaban J connectivity index is 1.55. The lowest BCUT2D eigenvalue weighted by atomic mass is 10.3. The molecule has 0 bridgehead atoms. The number of aromatic nitrogens is 3. The highest BCUT2D eigenvalue weighted by Gasteiger charge is 2.19. The van der Waals surface area contributed by atoms with Crippen LogP contribution < -0.4 is 0 Å². The number of fused-ring (bicyclic) bond motifs is 1. The second-order valence-electron chi connectivity index (χ2n) is 4.77. The molecule has 0 N–H and O–H groups in total. The molecule has 23 heavy (non-hydrogen) atoms. The first-order valence-corrected chi connectivity index (χ1v) is 8.93. The molecule has 0 amide bonds. The van der Waals surface area contributed by atoms with E-state index in [0.29, 0.717) is 27.6 Å². The molecule has 3 heterocycles. The Labute approximate surface area is 144 Å². The highest BCUT2D eigenvalue weighted by atomic mass is 35.5. The molecule has 1 aromatic carbocycles. The number of hydrogen-bond acceptors (Lipinski definition) is 7.